The van der Waals surface area contributed by atoms with Gasteiger partial charge in [-0.15, -0.1) is 0 Å². The Labute approximate surface area is 123 Å². The van der Waals surface area contributed by atoms with E-state index in [0.717, 1.165) is 21.8 Å². The third kappa shape index (κ3) is 1.98. The van der Waals surface area contributed by atoms with Gasteiger partial charge in [0, 0.05) is 29.4 Å². The first kappa shape index (κ1) is 12.1. The predicted octanol–water partition coefficient (Wildman–Crippen LogP) is 3.89. The minimum absolute atomic E-state index is 0.171. The number of dihydropyridines is 1. The molecule has 0 spiro atoms. The predicted molar refractivity (Wildman–Crippen MR) is 85.8 cm³/mol. The summed E-state index contributed by atoms with van der Waals surface area (Å²) in [4.78, 5) is 9.04. The molecule has 0 fully saturated rings. The molecule has 0 saturated heterocycles. The van der Waals surface area contributed by atoms with Gasteiger partial charge in [0.2, 0.25) is 0 Å². The standard InChI is InChI=1S/C18H15N3/c1-12-6-7-16(21-11-12)15-10-13-4-2-8-19-17(13)18-14(15)5-3-9-20-18/h2-11,16,21H,1H3. The van der Waals surface area contributed by atoms with E-state index < -0.39 is 0 Å². The fourth-order valence-electron chi connectivity index (χ4n) is 2.83. The van der Waals surface area contributed by atoms with Crippen LogP contribution in [0, 0.1) is 0 Å². The molecule has 1 N–H and O–H groups in total. The van der Waals surface area contributed by atoms with Crippen molar-refractivity contribution in [3.05, 3.63) is 72.2 Å². The maximum atomic E-state index is 4.55. The number of nitrogens with one attached hydrogen (secondary N) is 1. The van der Waals surface area contributed by atoms with Crippen LogP contribution in [0.4, 0.5) is 0 Å². The fraction of sp³-hybridized carbons (Fsp3) is 0.111. The molecule has 0 aliphatic carbocycles. The molecule has 1 unspecified atom stereocenters. The molecule has 1 aromatic carbocycles. The summed E-state index contributed by atoms with van der Waals surface area (Å²) in [6.45, 7) is 2.09. The van der Waals surface area contributed by atoms with E-state index >= 15 is 0 Å². The van der Waals surface area contributed by atoms with E-state index in [1.54, 1.807) is 0 Å². The number of aromatic nitrogens is 2. The first-order valence-corrected chi connectivity index (χ1v) is 7.06. The molecule has 3 heteroatoms. The average Bonchev–Trinajstić information content (AvgIpc) is 2.55. The molecule has 0 radical (unpaired) electrons. The summed E-state index contributed by atoms with van der Waals surface area (Å²) in [6.07, 6.45) is 10.0. The number of pyridine rings is 2. The van der Waals surface area contributed by atoms with Gasteiger partial charge in [-0.05, 0) is 36.3 Å². The van der Waals surface area contributed by atoms with Crippen molar-refractivity contribution in [3.63, 3.8) is 0 Å². The molecule has 1 atom stereocenters. The first-order valence-electron chi connectivity index (χ1n) is 7.06. The van der Waals surface area contributed by atoms with E-state index in [2.05, 4.69) is 58.8 Å². The molecule has 2 aromatic heterocycles. The van der Waals surface area contributed by atoms with Crippen LogP contribution in [-0.2, 0) is 0 Å². The average molecular weight is 273 g/mol. The summed E-state index contributed by atoms with van der Waals surface area (Å²) in [5, 5.41) is 5.72. The highest BCUT2D eigenvalue weighted by atomic mass is 14.9. The van der Waals surface area contributed by atoms with E-state index in [9.17, 15) is 0 Å². The molecule has 4 rings (SSSR count). The second kappa shape index (κ2) is 4.70. The summed E-state index contributed by atoms with van der Waals surface area (Å²) < 4.78 is 0. The molecule has 1 aliphatic rings. The van der Waals surface area contributed by atoms with Crippen molar-refractivity contribution < 1.29 is 0 Å². The zero-order chi connectivity index (χ0) is 14.2. The van der Waals surface area contributed by atoms with E-state index in [1.165, 1.54) is 11.1 Å². The van der Waals surface area contributed by atoms with Gasteiger partial charge < -0.3 is 5.32 Å². The number of hydrogen-bond donors (Lipinski definition) is 1. The second-order valence-corrected chi connectivity index (χ2v) is 5.33. The summed E-state index contributed by atoms with van der Waals surface area (Å²) in [7, 11) is 0. The monoisotopic (exact) mass is 273 g/mol. The molecule has 1 aliphatic heterocycles. The van der Waals surface area contributed by atoms with Gasteiger partial charge >= 0.3 is 0 Å². The first-order chi connectivity index (χ1) is 10.3. The second-order valence-electron chi connectivity index (χ2n) is 5.33. The van der Waals surface area contributed by atoms with Crippen LogP contribution >= 0.6 is 0 Å². The van der Waals surface area contributed by atoms with Gasteiger partial charge in [0.05, 0.1) is 17.1 Å². The summed E-state index contributed by atoms with van der Waals surface area (Å²) in [6, 6.07) is 10.5. The largest absolute Gasteiger partial charge is 0.380 e. The highest BCUT2D eigenvalue weighted by Crippen LogP contribution is 2.31. The van der Waals surface area contributed by atoms with Crippen LogP contribution < -0.4 is 5.32 Å². The summed E-state index contributed by atoms with van der Waals surface area (Å²) >= 11 is 0. The van der Waals surface area contributed by atoms with Crippen LogP contribution in [-0.4, -0.2) is 9.97 Å². The van der Waals surface area contributed by atoms with Gasteiger partial charge in [-0.3, -0.25) is 9.97 Å². The number of nitrogens with zero attached hydrogens (tertiary/aromatic N) is 2. The Morgan fingerprint density at radius 1 is 1.05 bits per heavy atom. The van der Waals surface area contributed by atoms with E-state index in [-0.39, 0.29) is 6.04 Å². The highest BCUT2D eigenvalue weighted by molar-refractivity contribution is 6.04. The van der Waals surface area contributed by atoms with Crippen LogP contribution in [0.2, 0.25) is 0 Å². The molecular weight excluding hydrogens is 258 g/mol. The van der Waals surface area contributed by atoms with E-state index in [0.29, 0.717) is 0 Å². The SMILES string of the molecule is CC1=CNC(c2cc3cccnc3c3ncccc23)C=C1. The lowest BCUT2D eigenvalue weighted by atomic mass is 9.96. The van der Waals surface area contributed by atoms with Crippen LogP contribution in [0.1, 0.15) is 18.5 Å². The molecule has 21 heavy (non-hydrogen) atoms. The van der Waals surface area contributed by atoms with Crippen LogP contribution in [0.25, 0.3) is 21.8 Å². The highest BCUT2D eigenvalue weighted by Gasteiger charge is 2.15. The number of hydrogen-bond acceptors (Lipinski definition) is 3. The van der Waals surface area contributed by atoms with Crippen LogP contribution in [0.15, 0.2) is 66.7 Å². The lowest BCUT2D eigenvalue weighted by Crippen LogP contribution is -2.16. The van der Waals surface area contributed by atoms with Crippen molar-refractivity contribution in [1.82, 2.24) is 15.3 Å². The fourth-order valence-corrected chi connectivity index (χ4v) is 2.83. The molecule has 102 valence electrons. The lowest BCUT2D eigenvalue weighted by Gasteiger charge is -2.20. The molecule has 3 aromatic rings. The number of allylic oxidation sites excluding steroid dienone is 2. The van der Waals surface area contributed by atoms with Crippen molar-refractivity contribution >= 4 is 21.8 Å². The zero-order valence-corrected chi connectivity index (χ0v) is 11.7. The Morgan fingerprint density at radius 2 is 1.86 bits per heavy atom. The minimum atomic E-state index is 0.171. The van der Waals surface area contributed by atoms with Gasteiger partial charge in [-0.1, -0.05) is 24.3 Å². The Balaban J connectivity index is 2.01. The van der Waals surface area contributed by atoms with E-state index in [4.69, 9.17) is 0 Å². The molecule has 3 nitrogen and oxygen atoms in total. The van der Waals surface area contributed by atoms with Crippen molar-refractivity contribution in [2.24, 2.45) is 0 Å². The zero-order valence-electron chi connectivity index (χ0n) is 11.7. The lowest BCUT2D eigenvalue weighted by molar-refractivity contribution is 0.745. The quantitative estimate of drug-likeness (QED) is 0.684. The Bertz CT molecular complexity index is 893. The maximum Gasteiger partial charge on any atom is 0.0968 e. The van der Waals surface area contributed by atoms with E-state index in [1.807, 2.05) is 24.5 Å². The van der Waals surface area contributed by atoms with Crippen LogP contribution in [0.5, 0.6) is 0 Å². The maximum absolute atomic E-state index is 4.55. The van der Waals surface area contributed by atoms with Gasteiger partial charge in [-0.25, -0.2) is 0 Å². The molecule has 0 saturated carbocycles. The van der Waals surface area contributed by atoms with Crippen molar-refractivity contribution in [1.29, 1.82) is 0 Å². The van der Waals surface area contributed by atoms with Crippen molar-refractivity contribution in [2.75, 3.05) is 0 Å². The number of benzene rings is 1. The summed E-state index contributed by atoms with van der Waals surface area (Å²) in [5.74, 6) is 0. The third-order valence-corrected chi connectivity index (χ3v) is 3.87. The Hall–Kier alpha value is -2.68. The molecular formula is C18H15N3. The normalized spacial score (nSPS) is 17.8. The number of rotatable bonds is 1. The third-order valence-electron chi connectivity index (χ3n) is 3.87. The molecule has 0 amide bonds. The number of fused-ring (bicyclic) bond motifs is 3. The Morgan fingerprint density at radius 3 is 2.67 bits per heavy atom. The van der Waals surface area contributed by atoms with Gasteiger partial charge in [0.15, 0.2) is 0 Å². The molecule has 0 bridgehead atoms. The topological polar surface area (TPSA) is 37.8 Å². The van der Waals surface area contributed by atoms with Gasteiger partial charge in [0.1, 0.15) is 0 Å². The molecule has 3 heterocycles. The van der Waals surface area contributed by atoms with Gasteiger partial charge in [0.25, 0.3) is 0 Å². The Kier molecular flexibility index (Phi) is 2.71. The summed E-state index contributed by atoms with van der Waals surface area (Å²) in [5.41, 5.74) is 4.39. The van der Waals surface area contributed by atoms with Crippen LogP contribution in [0.3, 0.4) is 0 Å². The smallest absolute Gasteiger partial charge is 0.0968 e. The van der Waals surface area contributed by atoms with Crippen molar-refractivity contribution in [2.45, 2.75) is 13.0 Å². The van der Waals surface area contributed by atoms with Crippen molar-refractivity contribution in [3.8, 4) is 0 Å². The minimum Gasteiger partial charge on any atom is -0.380 e. The van der Waals surface area contributed by atoms with Gasteiger partial charge in [-0.2, -0.15) is 0 Å².